The molecule has 1 aromatic carbocycles. The molecule has 1 aliphatic carbocycles. The second-order valence-corrected chi connectivity index (χ2v) is 9.91. The Morgan fingerprint density at radius 3 is 2.48 bits per heavy atom. The van der Waals surface area contributed by atoms with Crippen molar-refractivity contribution in [2.24, 2.45) is 5.92 Å². The molecule has 1 saturated carbocycles. The van der Waals surface area contributed by atoms with Crippen LogP contribution < -0.4 is 10.1 Å². The molecule has 158 valence electrons. The highest BCUT2D eigenvalue weighted by Crippen LogP contribution is 2.33. The number of nitrogens with one attached hydrogen (secondary N) is 1. The fourth-order valence-electron chi connectivity index (χ4n) is 4.25. The SMILES string of the molecule is C[C@H]1Oc2ccc(S(=O)(=O)N3CCN(C(=O)C4CCCCC4)CC3)cc2NC1=O. The minimum absolute atomic E-state index is 0.0959. The molecule has 0 radical (unpaired) electrons. The standard InChI is InChI=1S/C20H27N3O5S/c1-14-19(24)21-17-13-16(7-8-18(17)28-14)29(26,27)23-11-9-22(10-12-23)20(25)15-5-3-2-4-6-15/h7-8,13-15H,2-6,9-12H2,1H3,(H,21,24)/t14-/m1/s1. The van der Waals surface area contributed by atoms with Crippen LogP contribution in [0.15, 0.2) is 23.1 Å². The van der Waals surface area contributed by atoms with Gasteiger partial charge in [-0.25, -0.2) is 8.42 Å². The van der Waals surface area contributed by atoms with Gasteiger partial charge in [0.05, 0.1) is 10.6 Å². The lowest BCUT2D eigenvalue weighted by molar-refractivity contribution is -0.137. The zero-order chi connectivity index (χ0) is 20.6. The minimum Gasteiger partial charge on any atom is -0.479 e. The predicted molar refractivity (Wildman–Crippen MR) is 107 cm³/mol. The number of ether oxygens (including phenoxy) is 1. The van der Waals surface area contributed by atoms with Crippen LogP contribution in [0, 0.1) is 5.92 Å². The third-order valence-corrected chi connectivity index (χ3v) is 7.92. The van der Waals surface area contributed by atoms with Gasteiger partial charge in [-0.1, -0.05) is 19.3 Å². The third kappa shape index (κ3) is 3.98. The smallest absolute Gasteiger partial charge is 0.265 e. The molecule has 8 nitrogen and oxygen atoms in total. The lowest BCUT2D eigenvalue weighted by atomic mass is 9.88. The first-order valence-corrected chi connectivity index (χ1v) is 11.7. The number of nitrogens with zero attached hydrogens (tertiary/aromatic N) is 2. The molecule has 2 amide bonds. The van der Waals surface area contributed by atoms with Crippen LogP contribution in [0.2, 0.25) is 0 Å². The second kappa shape index (κ2) is 7.95. The van der Waals surface area contributed by atoms with Gasteiger partial charge in [0, 0.05) is 32.1 Å². The molecule has 0 spiro atoms. The quantitative estimate of drug-likeness (QED) is 0.803. The van der Waals surface area contributed by atoms with E-state index in [-0.39, 0.29) is 35.7 Å². The average Bonchev–Trinajstić information content (AvgIpc) is 2.74. The Morgan fingerprint density at radius 2 is 1.79 bits per heavy atom. The van der Waals surface area contributed by atoms with E-state index in [1.807, 2.05) is 4.90 Å². The molecule has 1 atom stereocenters. The summed E-state index contributed by atoms with van der Waals surface area (Å²) in [7, 11) is -3.71. The highest BCUT2D eigenvalue weighted by molar-refractivity contribution is 7.89. The van der Waals surface area contributed by atoms with E-state index in [9.17, 15) is 18.0 Å². The van der Waals surface area contributed by atoms with Crippen molar-refractivity contribution in [3.8, 4) is 5.75 Å². The first kappa shape index (κ1) is 20.2. The van der Waals surface area contributed by atoms with Gasteiger partial charge < -0.3 is 15.0 Å². The van der Waals surface area contributed by atoms with Gasteiger partial charge in [-0.3, -0.25) is 9.59 Å². The van der Waals surface area contributed by atoms with Crippen LogP contribution in [0.4, 0.5) is 5.69 Å². The zero-order valence-electron chi connectivity index (χ0n) is 16.6. The number of rotatable bonds is 3. The van der Waals surface area contributed by atoms with Crippen molar-refractivity contribution in [3.63, 3.8) is 0 Å². The summed E-state index contributed by atoms with van der Waals surface area (Å²) in [6, 6.07) is 4.51. The lowest BCUT2D eigenvalue weighted by Gasteiger charge is -2.36. The summed E-state index contributed by atoms with van der Waals surface area (Å²) in [6.45, 7) is 3.01. The van der Waals surface area contributed by atoms with Gasteiger partial charge in [0.2, 0.25) is 15.9 Å². The number of hydrogen-bond donors (Lipinski definition) is 1. The van der Waals surface area contributed by atoms with E-state index in [0.29, 0.717) is 24.5 Å². The number of fused-ring (bicyclic) bond motifs is 1. The fraction of sp³-hybridized carbons (Fsp3) is 0.600. The monoisotopic (exact) mass is 421 g/mol. The number of sulfonamides is 1. The summed E-state index contributed by atoms with van der Waals surface area (Å²) < 4.78 is 33.0. The number of carbonyl (C=O) groups is 2. The predicted octanol–water partition coefficient (Wildman–Crippen LogP) is 1.82. The Hall–Kier alpha value is -2.13. The van der Waals surface area contributed by atoms with Gasteiger partial charge >= 0.3 is 0 Å². The van der Waals surface area contributed by atoms with Gasteiger partial charge in [0.1, 0.15) is 5.75 Å². The third-order valence-electron chi connectivity index (χ3n) is 6.02. The molecule has 1 saturated heterocycles. The number of carbonyl (C=O) groups excluding carboxylic acids is 2. The lowest BCUT2D eigenvalue weighted by Crippen LogP contribution is -2.52. The number of amides is 2. The molecule has 4 rings (SSSR count). The normalized spacial score (nSPS) is 23.8. The molecule has 1 N–H and O–H groups in total. The van der Waals surface area contributed by atoms with E-state index in [4.69, 9.17) is 4.74 Å². The van der Waals surface area contributed by atoms with Crippen molar-refractivity contribution in [1.82, 2.24) is 9.21 Å². The second-order valence-electron chi connectivity index (χ2n) is 7.97. The Balaban J connectivity index is 1.43. The van der Waals surface area contributed by atoms with Crippen LogP contribution in [-0.2, 0) is 19.6 Å². The van der Waals surface area contributed by atoms with E-state index in [2.05, 4.69) is 5.32 Å². The summed E-state index contributed by atoms with van der Waals surface area (Å²) >= 11 is 0. The van der Waals surface area contributed by atoms with Crippen molar-refractivity contribution in [2.75, 3.05) is 31.5 Å². The molecule has 0 unspecified atom stereocenters. The van der Waals surface area contributed by atoms with Crippen molar-refractivity contribution in [1.29, 1.82) is 0 Å². The summed E-state index contributed by atoms with van der Waals surface area (Å²) in [4.78, 5) is 26.4. The number of benzene rings is 1. The average molecular weight is 422 g/mol. The highest BCUT2D eigenvalue weighted by atomic mass is 32.2. The Morgan fingerprint density at radius 1 is 1.10 bits per heavy atom. The van der Waals surface area contributed by atoms with Gasteiger partial charge in [-0.2, -0.15) is 4.31 Å². The molecule has 3 aliphatic rings. The molecule has 1 aromatic rings. The molecule has 0 bridgehead atoms. The summed E-state index contributed by atoms with van der Waals surface area (Å²) in [5, 5.41) is 2.68. The fourth-order valence-corrected chi connectivity index (χ4v) is 5.70. The van der Waals surface area contributed by atoms with Gasteiger partial charge in [0.25, 0.3) is 5.91 Å². The van der Waals surface area contributed by atoms with Gasteiger partial charge in [-0.05, 0) is 38.0 Å². The van der Waals surface area contributed by atoms with Crippen LogP contribution in [0.3, 0.4) is 0 Å². The maximum atomic E-state index is 13.1. The molecule has 0 aromatic heterocycles. The Kier molecular flexibility index (Phi) is 5.52. The van der Waals surface area contributed by atoms with Crippen LogP contribution in [-0.4, -0.2) is 61.7 Å². The number of piperazine rings is 1. The maximum Gasteiger partial charge on any atom is 0.265 e. The minimum atomic E-state index is -3.71. The Bertz CT molecular complexity index is 903. The first-order chi connectivity index (χ1) is 13.9. The van der Waals surface area contributed by atoms with Gasteiger partial charge in [-0.15, -0.1) is 0 Å². The van der Waals surface area contributed by atoms with E-state index < -0.39 is 16.1 Å². The Labute approximate surface area is 171 Å². The van der Waals surface area contributed by atoms with Crippen LogP contribution in [0.25, 0.3) is 0 Å². The molecular formula is C20H27N3O5S. The number of anilines is 1. The van der Waals surface area contributed by atoms with Crippen LogP contribution in [0.5, 0.6) is 5.75 Å². The zero-order valence-corrected chi connectivity index (χ0v) is 17.4. The maximum absolute atomic E-state index is 13.1. The van der Waals surface area contributed by atoms with Crippen molar-refractivity contribution < 1.29 is 22.7 Å². The first-order valence-electron chi connectivity index (χ1n) is 10.3. The molecule has 2 fully saturated rings. The topological polar surface area (TPSA) is 96.0 Å². The number of hydrogen-bond acceptors (Lipinski definition) is 5. The van der Waals surface area contributed by atoms with Crippen molar-refractivity contribution >= 4 is 27.5 Å². The van der Waals surface area contributed by atoms with E-state index in [1.54, 1.807) is 13.0 Å². The molecule has 2 heterocycles. The summed E-state index contributed by atoms with van der Waals surface area (Å²) in [6.07, 6.45) is 4.67. The van der Waals surface area contributed by atoms with Crippen LogP contribution in [0.1, 0.15) is 39.0 Å². The van der Waals surface area contributed by atoms with Crippen molar-refractivity contribution in [3.05, 3.63) is 18.2 Å². The molecule has 2 aliphatic heterocycles. The van der Waals surface area contributed by atoms with E-state index in [1.165, 1.54) is 22.9 Å². The molecule has 29 heavy (non-hydrogen) atoms. The van der Waals surface area contributed by atoms with Crippen molar-refractivity contribution in [2.45, 2.75) is 50.0 Å². The van der Waals surface area contributed by atoms with Gasteiger partial charge in [0.15, 0.2) is 6.10 Å². The highest BCUT2D eigenvalue weighted by Gasteiger charge is 2.34. The van der Waals surface area contributed by atoms with Crippen LogP contribution >= 0.6 is 0 Å². The van der Waals surface area contributed by atoms with E-state index in [0.717, 1.165) is 25.7 Å². The largest absolute Gasteiger partial charge is 0.479 e. The molecule has 9 heteroatoms. The summed E-state index contributed by atoms with van der Waals surface area (Å²) in [5.74, 6) is 0.420. The molecular weight excluding hydrogens is 394 g/mol. The van der Waals surface area contributed by atoms with E-state index >= 15 is 0 Å². The summed E-state index contributed by atoms with van der Waals surface area (Å²) in [5.41, 5.74) is 0.361.